The molecule has 0 radical (unpaired) electrons. The zero-order valence-electron chi connectivity index (χ0n) is 12.4. The highest BCUT2D eigenvalue weighted by atomic mass is 32.2. The molecule has 1 nitrogen and oxygen atoms in total. The Bertz CT molecular complexity index is 343. The van der Waals surface area contributed by atoms with Gasteiger partial charge in [0, 0.05) is 18.3 Å². The fraction of sp³-hybridized carbons (Fsp3) is 0.600. The van der Waals surface area contributed by atoms with E-state index in [-0.39, 0.29) is 0 Å². The highest BCUT2D eigenvalue weighted by Gasteiger charge is 2.15. The standard InChI is InChI=1S/C15H27NSSi/c1-6-17-12-13(2)16-11-14-7-9-15(10-8-14)18(3,4)5/h7-10,13,16H,6,11-12H2,1-5H3. The summed E-state index contributed by atoms with van der Waals surface area (Å²) in [6.45, 7) is 12.6. The summed E-state index contributed by atoms with van der Waals surface area (Å²) in [5.41, 5.74) is 1.39. The summed E-state index contributed by atoms with van der Waals surface area (Å²) in [6.07, 6.45) is 0. The quantitative estimate of drug-likeness (QED) is 0.768. The third-order valence-corrected chi connectivity index (χ3v) is 6.26. The largest absolute Gasteiger partial charge is 0.309 e. The summed E-state index contributed by atoms with van der Waals surface area (Å²) in [4.78, 5) is 0. The molecular formula is C15H27NSSi. The SMILES string of the molecule is CCSCC(C)NCc1ccc([Si](C)(C)C)cc1. The number of benzene rings is 1. The van der Waals surface area contributed by atoms with E-state index >= 15 is 0 Å². The predicted octanol–water partition coefficient (Wildman–Crippen LogP) is 3.46. The Labute approximate surface area is 118 Å². The van der Waals surface area contributed by atoms with E-state index in [1.54, 1.807) is 5.19 Å². The zero-order valence-corrected chi connectivity index (χ0v) is 14.2. The van der Waals surface area contributed by atoms with Gasteiger partial charge in [-0.15, -0.1) is 0 Å². The van der Waals surface area contributed by atoms with Crippen molar-refractivity contribution in [2.75, 3.05) is 11.5 Å². The first-order chi connectivity index (χ1) is 8.43. The monoisotopic (exact) mass is 281 g/mol. The van der Waals surface area contributed by atoms with Gasteiger partial charge in [0.05, 0.1) is 8.07 Å². The second kappa shape index (κ2) is 7.36. The fourth-order valence-corrected chi connectivity index (χ4v) is 3.64. The molecule has 0 fully saturated rings. The molecule has 102 valence electrons. The molecule has 0 saturated carbocycles. The summed E-state index contributed by atoms with van der Waals surface area (Å²) in [5.74, 6) is 2.40. The Balaban J connectivity index is 2.44. The average Bonchev–Trinajstić information content (AvgIpc) is 2.33. The van der Waals surface area contributed by atoms with E-state index in [9.17, 15) is 0 Å². The maximum Gasteiger partial charge on any atom is 0.0775 e. The van der Waals surface area contributed by atoms with Gasteiger partial charge in [0.2, 0.25) is 0 Å². The minimum Gasteiger partial charge on any atom is -0.309 e. The first kappa shape index (κ1) is 15.8. The van der Waals surface area contributed by atoms with Crippen LogP contribution in [0, 0.1) is 0 Å². The number of nitrogens with one attached hydrogen (secondary N) is 1. The molecule has 0 heterocycles. The van der Waals surface area contributed by atoms with Crippen LogP contribution in [0.1, 0.15) is 19.4 Å². The Morgan fingerprint density at radius 1 is 1.17 bits per heavy atom. The molecule has 0 aliphatic rings. The van der Waals surface area contributed by atoms with Gasteiger partial charge in [0.25, 0.3) is 0 Å². The third-order valence-electron chi connectivity index (χ3n) is 3.05. The number of hydrogen-bond acceptors (Lipinski definition) is 2. The Morgan fingerprint density at radius 2 is 1.78 bits per heavy atom. The summed E-state index contributed by atoms with van der Waals surface area (Å²) in [7, 11) is -1.14. The highest BCUT2D eigenvalue weighted by Crippen LogP contribution is 2.06. The topological polar surface area (TPSA) is 12.0 Å². The number of thioether (sulfide) groups is 1. The molecule has 1 aromatic rings. The van der Waals surface area contributed by atoms with Crippen LogP contribution in [0.2, 0.25) is 19.6 Å². The smallest absolute Gasteiger partial charge is 0.0775 e. The van der Waals surface area contributed by atoms with Crippen LogP contribution in [-0.2, 0) is 6.54 Å². The molecule has 1 aromatic carbocycles. The van der Waals surface area contributed by atoms with Crippen LogP contribution in [0.5, 0.6) is 0 Å². The first-order valence-corrected chi connectivity index (χ1v) is 11.5. The van der Waals surface area contributed by atoms with Gasteiger partial charge in [-0.05, 0) is 18.2 Å². The van der Waals surface area contributed by atoms with E-state index in [0.717, 1.165) is 6.54 Å². The molecule has 0 spiro atoms. The fourth-order valence-electron chi connectivity index (χ4n) is 1.77. The van der Waals surface area contributed by atoms with Gasteiger partial charge < -0.3 is 5.32 Å². The molecule has 0 aliphatic carbocycles. The second-order valence-corrected chi connectivity index (χ2v) is 12.3. The Kier molecular flexibility index (Phi) is 6.47. The second-order valence-electron chi connectivity index (χ2n) is 5.89. The van der Waals surface area contributed by atoms with E-state index in [4.69, 9.17) is 0 Å². The van der Waals surface area contributed by atoms with E-state index < -0.39 is 8.07 Å². The lowest BCUT2D eigenvalue weighted by molar-refractivity contribution is 0.596. The lowest BCUT2D eigenvalue weighted by Crippen LogP contribution is -2.37. The van der Waals surface area contributed by atoms with Crippen LogP contribution in [0.25, 0.3) is 0 Å². The molecule has 3 heteroatoms. The summed E-state index contributed by atoms with van der Waals surface area (Å²) in [6, 6.07) is 9.77. The van der Waals surface area contributed by atoms with E-state index in [0.29, 0.717) is 6.04 Å². The van der Waals surface area contributed by atoms with Crippen LogP contribution in [0.15, 0.2) is 24.3 Å². The summed E-state index contributed by atoms with van der Waals surface area (Å²) in [5, 5.41) is 5.12. The van der Waals surface area contributed by atoms with Crippen molar-refractivity contribution in [2.24, 2.45) is 0 Å². The van der Waals surface area contributed by atoms with Crippen LogP contribution < -0.4 is 10.5 Å². The molecule has 1 rings (SSSR count). The van der Waals surface area contributed by atoms with Crippen molar-refractivity contribution in [1.29, 1.82) is 0 Å². The van der Waals surface area contributed by atoms with Gasteiger partial charge in [0.1, 0.15) is 0 Å². The maximum absolute atomic E-state index is 3.58. The van der Waals surface area contributed by atoms with Crippen molar-refractivity contribution >= 4 is 25.0 Å². The van der Waals surface area contributed by atoms with Gasteiger partial charge in [0.15, 0.2) is 0 Å². The Morgan fingerprint density at radius 3 is 2.28 bits per heavy atom. The molecule has 0 aliphatic heterocycles. The lowest BCUT2D eigenvalue weighted by Gasteiger charge is -2.17. The van der Waals surface area contributed by atoms with Crippen LogP contribution in [0.3, 0.4) is 0 Å². The molecule has 0 aromatic heterocycles. The van der Waals surface area contributed by atoms with E-state index in [2.05, 4.69) is 63.1 Å². The molecule has 1 unspecified atom stereocenters. The van der Waals surface area contributed by atoms with Crippen LogP contribution in [0.4, 0.5) is 0 Å². The molecule has 1 atom stereocenters. The molecule has 1 N–H and O–H groups in total. The summed E-state index contributed by atoms with van der Waals surface area (Å²) >= 11 is 2.00. The molecule has 18 heavy (non-hydrogen) atoms. The number of hydrogen-bond donors (Lipinski definition) is 1. The summed E-state index contributed by atoms with van der Waals surface area (Å²) < 4.78 is 0. The van der Waals surface area contributed by atoms with Gasteiger partial charge in [-0.1, -0.05) is 56.0 Å². The van der Waals surface area contributed by atoms with Crippen LogP contribution >= 0.6 is 11.8 Å². The average molecular weight is 282 g/mol. The predicted molar refractivity (Wildman–Crippen MR) is 88.7 cm³/mol. The number of rotatable bonds is 7. The molecular weight excluding hydrogens is 254 g/mol. The van der Waals surface area contributed by atoms with Crippen molar-refractivity contribution in [2.45, 2.75) is 46.1 Å². The van der Waals surface area contributed by atoms with E-state index in [1.807, 2.05) is 11.8 Å². The van der Waals surface area contributed by atoms with Crippen molar-refractivity contribution in [3.8, 4) is 0 Å². The lowest BCUT2D eigenvalue weighted by atomic mass is 10.2. The van der Waals surface area contributed by atoms with Crippen molar-refractivity contribution < 1.29 is 0 Å². The van der Waals surface area contributed by atoms with Crippen molar-refractivity contribution in [1.82, 2.24) is 5.32 Å². The van der Waals surface area contributed by atoms with Crippen molar-refractivity contribution in [3.05, 3.63) is 29.8 Å². The maximum atomic E-state index is 3.58. The van der Waals surface area contributed by atoms with Crippen molar-refractivity contribution in [3.63, 3.8) is 0 Å². The molecule has 0 bridgehead atoms. The van der Waals surface area contributed by atoms with Gasteiger partial charge in [-0.3, -0.25) is 0 Å². The minimum atomic E-state index is -1.14. The third kappa shape index (κ3) is 5.59. The molecule has 0 amide bonds. The highest BCUT2D eigenvalue weighted by molar-refractivity contribution is 7.99. The molecule has 0 saturated heterocycles. The van der Waals surface area contributed by atoms with E-state index in [1.165, 1.54) is 17.1 Å². The van der Waals surface area contributed by atoms with Gasteiger partial charge >= 0.3 is 0 Å². The minimum absolute atomic E-state index is 0.589. The normalized spacial score (nSPS) is 13.6. The Hall–Kier alpha value is -0.253. The van der Waals surface area contributed by atoms with Gasteiger partial charge in [-0.2, -0.15) is 11.8 Å². The van der Waals surface area contributed by atoms with Crippen LogP contribution in [-0.4, -0.2) is 25.6 Å². The first-order valence-electron chi connectivity index (χ1n) is 6.84. The van der Waals surface area contributed by atoms with Gasteiger partial charge in [-0.25, -0.2) is 0 Å². The zero-order chi connectivity index (χ0) is 13.6.